The van der Waals surface area contributed by atoms with Crippen molar-refractivity contribution in [2.75, 3.05) is 26.2 Å². The molecule has 1 N–H and O–H groups in total. The van der Waals surface area contributed by atoms with E-state index in [1.165, 1.54) is 25.7 Å². The minimum atomic E-state index is -0.153. The number of ether oxygens (including phenoxy) is 1. The molecule has 0 aromatic carbocycles. The molecule has 0 aromatic rings. The van der Waals surface area contributed by atoms with Gasteiger partial charge in [0, 0.05) is 19.7 Å². The number of rotatable bonds is 5. The molecule has 1 heterocycles. The maximum Gasteiger partial charge on any atom is 0.0702 e. The summed E-state index contributed by atoms with van der Waals surface area (Å²) in [6.45, 7) is 10.7. The van der Waals surface area contributed by atoms with E-state index < -0.39 is 0 Å². The maximum atomic E-state index is 10.5. The van der Waals surface area contributed by atoms with Gasteiger partial charge in [-0.25, -0.2) is 0 Å². The first-order valence-corrected chi connectivity index (χ1v) is 8.05. The minimum absolute atomic E-state index is 0.0895. The summed E-state index contributed by atoms with van der Waals surface area (Å²) >= 11 is 0. The Bertz CT molecular complexity index is 274. The van der Waals surface area contributed by atoms with Gasteiger partial charge in [-0.15, -0.1) is 0 Å². The molecule has 1 aliphatic heterocycles. The van der Waals surface area contributed by atoms with Crippen LogP contribution in [0.2, 0.25) is 0 Å². The molecule has 3 heteroatoms. The Hall–Kier alpha value is -0.120. The van der Waals surface area contributed by atoms with Crippen molar-refractivity contribution in [2.45, 2.75) is 65.1 Å². The summed E-state index contributed by atoms with van der Waals surface area (Å²) in [5.41, 5.74) is 0.0895. The highest BCUT2D eigenvalue weighted by atomic mass is 16.5. The monoisotopic (exact) mass is 269 g/mol. The Morgan fingerprint density at radius 1 is 1.21 bits per heavy atom. The molecule has 1 saturated carbocycles. The van der Waals surface area contributed by atoms with Crippen LogP contribution < -0.4 is 0 Å². The van der Waals surface area contributed by atoms with Gasteiger partial charge in [-0.2, -0.15) is 0 Å². The summed E-state index contributed by atoms with van der Waals surface area (Å²) in [6.07, 6.45) is 6.27. The maximum absolute atomic E-state index is 10.5. The summed E-state index contributed by atoms with van der Waals surface area (Å²) in [4.78, 5) is 2.48. The van der Waals surface area contributed by atoms with Crippen LogP contribution >= 0.6 is 0 Å². The molecular weight excluding hydrogens is 238 g/mol. The van der Waals surface area contributed by atoms with E-state index in [2.05, 4.69) is 25.7 Å². The molecule has 0 spiro atoms. The first kappa shape index (κ1) is 15.3. The van der Waals surface area contributed by atoms with E-state index in [4.69, 9.17) is 4.74 Å². The summed E-state index contributed by atoms with van der Waals surface area (Å²) in [5, 5.41) is 10.5. The van der Waals surface area contributed by atoms with Crippen LogP contribution in [0.1, 0.15) is 52.9 Å². The molecule has 2 fully saturated rings. The number of hydrogen-bond acceptors (Lipinski definition) is 3. The summed E-state index contributed by atoms with van der Waals surface area (Å²) in [5.74, 6) is 0.435. The predicted octanol–water partition coefficient (Wildman–Crippen LogP) is 2.67. The van der Waals surface area contributed by atoms with Crippen LogP contribution in [-0.2, 0) is 4.74 Å². The van der Waals surface area contributed by atoms with Gasteiger partial charge in [-0.3, -0.25) is 0 Å². The van der Waals surface area contributed by atoms with Crippen molar-refractivity contribution in [1.82, 2.24) is 4.90 Å². The predicted molar refractivity (Wildman–Crippen MR) is 78.2 cm³/mol. The number of aliphatic hydroxyl groups is 1. The second kappa shape index (κ2) is 6.55. The highest BCUT2D eigenvalue weighted by molar-refractivity contribution is 4.89. The second-order valence-electron chi connectivity index (χ2n) is 7.07. The fourth-order valence-electron chi connectivity index (χ4n) is 3.70. The lowest BCUT2D eigenvalue weighted by atomic mass is 9.69. The third kappa shape index (κ3) is 3.93. The van der Waals surface area contributed by atoms with Crippen molar-refractivity contribution in [1.29, 1.82) is 0 Å². The Morgan fingerprint density at radius 3 is 2.63 bits per heavy atom. The molecule has 112 valence electrons. The molecule has 3 atom stereocenters. The Balaban J connectivity index is 1.86. The van der Waals surface area contributed by atoms with Gasteiger partial charge in [-0.1, -0.05) is 27.2 Å². The SMILES string of the molecule is CCN(CC1CCCO1)CC1CCCC(C)(C)C1O. The number of likely N-dealkylation sites (N-methyl/N-ethyl adjacent to an activating group) is 1. The molecule has 0 radical (unpaired) electrons. The van der Waals surface area contributed by atoms with Crippen LogP contribution in [0.25, 0.3) is 0 Å². The third-order valence-corrected chi connectivity index (χ3v) is 5.07. The van der Waals surface area contributed by atoms with Crippen LogP contribution in [0.5, 0.6) is 0 Å². The fourth-order valence-corrected chi connectivity index (χ4v) is 3.70. The molecule has 0 amide bonds. The largest absolute Gasteiger partial charge is 0.392 e. The van der Waals surface area contributed by atoms with E-state index in [1.807, 2.05) is 0 Å². The average molecular weight is 269 g/mol. The van der Waals surface area contributed by atoms with Crippen molar-refractivity contribution >= 4 is 0 Å². The van der Waals surface area contributed by atoms with Crippen molar-refractivity contribution < 1.29 is 9.84 Å². The first-order chi connectivity index (χ1) is 9.03. The van der Waals surface area contributed by atoms with E-state index in [9.17, 15) is 5.11 Å². The first-order valence-electron chi connectivity index (χ1n) is 8.05. The van der Waals surface area contributed by atoms with E-state index in [-0.39, 0.29) is 11.5 Å². The molecule has 2 rings (SSSR count). The van der Waals surface area contributed by atoms with Gasteiger partial charge in [0.15, 0.2) is 0 Å². The van der Waals surface area contributed by atoms with E-state index in [0.717, 1.165) is 32.7 Å². The summed E-state index contributed by atoms with van der Waals surface area (Å²) in [6, 6.07) is 0. The summed E-state index contributed by atoms with van der Waals surface area (Å²) < 4.78 is 5.74. The Labute approximate surface area is 118 Å². The normalized spacial score (nSPS) is 34.9. The van der Waals surface area contributed by atoms with Crippen LogP contribution in [-0.4, -0.2) is 48.5 Å². The van der Waals surface area contributed by atoms with Gasteiger partial charge in [0.2, 0.25) is 0 Å². The standard InChI is InChI=1S/C16H31NO2/c1-4-17(12-14-8-6-10-19-14)11-13-7-5-9-16(2,3)15(13)18/h13-15,18H,4-12H2,1-3H3. The van der Waals surface area contributed by atoms with Crippen LogP contribution in [0.3, 0.4) is 0 Å². The third-order valence-electron chi connectivity index (χ3n) is 5.07. The van der Waals surface area contributed by atoms with E-state index in [1.54, 1.807) is 0 Å². The van der Waals surface area contributed by atoms with Gasteiger partial charge >= 0.3 is 0 Å². The van der Waals surface area contributed by atoms with Crippen LogP contribution in [0.15, 0.2) is 0 Å². The van der Waals surface area contributed by atoms with E-state index >= 15 is 0 Å². The van der Waals surface area contributed by atoms with E-state index in [0.29, 0.717) is 12.0 Å². The zero-order chi connectivity index (χ0) is 13.9. The number of hydrogen-bond donors (Lipinski definition) is 1. The molecule has 3 unspecified atom stereocenters. The van der Waals surface area contributed by atoms with Crippen LogP contribution in [0.4, 0.5) is 0 Å². The van der Waals surface area contributed by atoms with Crippen molar-refractivity contribution in [3.05, 3.63) is 0 Å². The molecule has 3 nitrogen and oxygen atoms in total. The molecule has 2 aliphatic rings. The molecular formula is C16H31NO2. The van der Waals surface area contributed by atoms with Gasteiger partial charge in [0.1, 0.15) is 0 Å². The number of nitrogens with zero attached hydrogens (tertiary/aromatic N) is 1. The molecule has 19 heavy (non-hydrogen) atoms. The highest BCUT2D eigenvalue weighted by Crippen LogP contribution is 2.39. The Kier molecular flexibility index (Phi) is 5.27. The topological polar surface area (TPSA) is 32.7 Å². The average Bonchev–Trinajstić information content (AvgIpc) is 2.86. The van der Waals surface area contributed by atoms with Gasteiger partial charge < -0.3 is 14.7 Å². The van der Waals surface area contributed by atoms with Gasteiger partial charge in [0.25, 0.3) is 0 Å². The van der Waals surface area contributed by atoms with Gasteiger partial charge in [-0.05, 0) is 43.6 Å². The quantitative estimate of drug-likeness (QED) is 0.833. The minimum Gasteiger partial charge on any atom is -0.392 e. The lowest BCUT2D eigenvalue weighted by Gasteiger charge is -2.42. The number of aliphatic hydroxyl groups excluding tert-OH is 1. The van der Waals surface area contributed by atoms with Crippen LogP contribution in [0, 0.1) is 11.3 Å². The lowest BCUT2D eigenvalue weighted by Crippen LogP contribution is -2.46. The molecule has 1 saturated heterocycles. The second-order valence-corrected chi connectivity index (χ2v) is 7.07. The molecule has 0 aromatic heterocycles. The zero-order valence-electron chi connectivity index (χ0n) is 12.9. The lowest BCUT2D eigenvalue weighted by molar-refractivity contribution is -0.0463. The smallest absolute Gasteiger partial charge is 0.0702 e. The molecule has 1 aliphatic carbocycles. The Morgan fingerprint density at radius 2 is 2.00 bits per heavy atom. The molecule has 0 bridgehead atoms. The van der Waals surface area contributed by atoms with Crippen molar-refractivity contribution in [3.63, 3.8) is 0 Å². The van der Waals surface area contributed by atoms with Crippen molar-refractivity contribution in [2.24, 2.45) is 11.3 Å². The fraction of sp³-hybridized carbons (Fsp3) is 1.00. The van der Waals surface area contributed by atoms with Gasteiger partial charge in [0.05, 0.1) is 12.2 Å². The zero-order valence-corrected chi connectivity index (χ0v) is 12.9. The highest BCUT2D eigenvalue weighted by Gasteiger charge is 2.38. The summed E-state index contributed by atoms with van der Waals surface area (Å²) in [7, 11) is 0. The van der Waals surface area contributed by atoms with Crippen molar-refractivity contribution in [3.8, 4) is 0 Å².